The monoisotopic (exact) mass is 453 g/mol. The highest BCUT2D eigenvalue weighted by Gasteiger charge is 2.36. The Hall–Kier alpha value is -3.68. The molecule has 33 heavy (non-hydrogen) atoms. The Labute approximate surface area is 192 Å². The summed E-state index contributed by atoms with van der Waals surface area (Å²) in [4.78, 5) is 39.5. The Bertz CT molecular complexity index is 1070. The lowest BCUT2D eigenvalue weighted by molar-refractivity contribution is -0.139. The quantitative estimate of drug-likeness (QED) is 0.563. The molecule has 0 aromatic heterocycles. The van der Waals surface area contributed by atoms with Gasteiger partial charge in [-0.05, 0) is 50.1 Å². The van der Waals surface area contributed by atoms with Gasteiger partial charge in [0, 0.05) is 17.9 Å². The number of halogens is 1. The van der Waals surface area contributed by atoms with E-state index in [0.717, 1.165) is 12.8 Å². The first-order valence-corrected chi connectivity index (χ1v) is 11.0. The van der Waals surface area contributed by atoms with Gasteiger partial charge in [0.15, 0.2) is 0 Å². The second-order valence-corrected chi connectivity index (χ2v) is 7.66. The van der Waals surface area contributed by atoms with Crippen molar-refractivity contribution in [2.45, 2.75) is 39.7 Å². The smallest absolute Gasteiger partial charge is 0.338 e. The van der Waals surface area contributed by atoms with Crippen LogP contribution in [-0.2, 0) is 9.53 Å². The highest BCUT2D eigenvalue weighted by Crippen LogP contribution is 2.32. The number of hydrogen-bond acceptors (Lipinski definition) is 4. The third-order valence-corrected chi connectivity index (χ3v) is 5.45. The van der Waals surface area contributed by atoms with E-state index < -0.39 is 23.7 Å². The number of allylic oxidation sites excluding steroid dienone is 1. The molecule has 0 saturated heterocycles. The molecule has 0 fully saturated rings. The fraction of sp³-hybridized carbons (Fsp3) is 0.320. The summed E-state index contributed by atoms with van der Waals surface area (Å²) in [5, 5.41) is 5.55. The molecule has 2 N–H and O–H groups in total. The molecular formula is C25H28FN3O4. The summed E-state index contributed by atoms with van der Waals surface area (Å²) in [5.41, 5.74) is 1.99. The first-order valence-electron chi connectivity index (χ1n) is 11.0. The van der Waals surface area contributed by atoms with Crippen molar-refractivity contribution in [2.24, 2.45) is 0 Å². The summed E-state index contributed by atoms with van der Waals surface area (Å²) in [6.07, 6.45) is 1.72. The number of benzene rings is 2. The number of rotatable bonds is 8. The lowest BCUT2D eigenvalue weighted by Gasteiger charge is -2.35. The van der Waals surface area contributed by atoms with Gasteiger partial charge >= 0.3 is 12.0 Å². The minimum atomic E-state index is -0.689. The van der Waals surface area contributed by atoms with E-state index >= 15 is 0 Å². The Morgan fingerprint density at radius 1 is 1.12 bits per heavy atom. The van der Waals surface area contributed by atoms with Crippen molar-refractivity contribution in [3.05, 3.63) is 76.7 Å². The van der Waals surface area contributed by atoms with Crippen LogP contribution in [0.2, 0.25) is 0 Å². The van der Waals surface area contributed by atoms with Crippen LogP contribution in [0.5, 0.6) is 0 Å². The van der Waals surface area contributed by atoms with Gasteiger partial charge in [-0.1, -0.05) is 37.6 Å². The highest BCUT2D eigenvalue weighted by atomic mass is 19.1. The van der Waals surface area contributed by atoms with Gasteiger partial charge in [0.25, 0.3) is 5.91 Å². The molecule has 3 rings (SSSR count). The molecule has 1 unspecified atom stereocenters. The standard InChI is InChI=1S/C25H28FN3O4/c1-4-6-15-29-16(3)21(24(31)33-5-2)22(28-25(29)32)17-11-13-18(14-12-17)27-23(30)19-9-7-8-10-20(19)26/h7-14,22H,4-6,15H2,1-3H3,(H,27,30)(H,28,32). The van der Waals surface area contributed by atoms with E-state index in [9.17, 15) is 18.8 Å². The number of nitrogens with one attached hydrogen (secondary N) is 2. The van der Waals surface area contributed by atoms with Crippen molar-refractivity contribution in [3.8, 4) is 0 Å². The van der Waals surface area contributed by atoms with Crippen LogP contribution in [0.1, 0.15) is 55.6 Å². The largest absolute Gasteiger partial charge is 0.463 e. The predicted molar refractivity (Wildman–Crippen MR) is 123 cm³/mol. The number of amides is 3. The molecule has 0 saturated carbocycles. The topological polar surface area (TPSA) is 87.7 Å². The number of ether oxygens (including phenoxy) is 1. The Kier molecular flexibility index (Phi) is 7.82. The molecule has 1 aliphatic rings. The first-order chi connectivity index (χ1) is 15.9. The van der Waals surface area contributed by atoms with Crippen LogP contribution >= 0.6 is 0 Å². The molecule has 0 bridgehead atoms. The molecule has 3 amide bonds. The van der Waals surface area contributed by atoms with Crippen LogP contribution in [0.15, 0.2) is 59.8 Å². The van der Waals surface area contributed by atoms with Gasteiger partial charge in [0.2, 0.25) is 0 Å². The highest BCUT2D eigenvalue weighted by molar-refractivity contribution is 6.04. The molecule has 2 aromatic rings. The summed E-state index contributed by atoms with van der Waals surface area (Å²) in [7, 11) is 0. The van der Waals surface area contributed by atoms with Crippen molar-refractivity contribution in [3.63, 3.8) is 0 Å². The number of unbranched alkanes of at least 4 members (excludes halogenated alkanes) is 1. The summed E-state index contributed by atoms with van der Waals surface area (Å²) in [5.74, 6) is -1.66. The van der Waals surface area contributed by atoms with Gasteiger partial charge in [-0.15, -0.1) is 0 Å². The normalized spacial score (nSPS) is 15.8. The minimum absolute atomic E-state index is 0.0588. The van der Waals surface area contributed by atoms with Gasteiger partial charge in [-0.25, -0.2) is 14.0 Å². The molecule has 1 aliphatic heterocycles. The number of carbonyl (C=O) groups excluding carboxylic acids is 3. The number of hydrogen-bond donors (Lipinski definition) is 2. The molecule has 0 spiro atoms. The van der Waals surface area contributed by atoms with E-state index in [2.05, 4.69) is 10.6 Å². The first kappa shape index (κ1) is 24.0. The van der Waals surface area contributed by atoms with Crippen LogP contribution in [0, 0.1) is 5.82 Å². The Balaban J connectivity index is 1.86. The maximum Gasteiger partial charge on any atom is 0.338 e. The van der Waals surface area contributed by atoms with E-state index in [4.69, 9.17) is 4.74 Å². The van der Waals surface area contributed by atoms with Crippen LogP contribution in [0.3, 0.4) is 0 Å². The van der Waals surface area contributed by atoms with Crippen LogP contribution in [0.4, 0.5) is 14.9 Å². The zero-order valence-electron chi connectivity index (χ0n) is 19.0. The number of anilines is 1. The maximum absolute atomic E-state index is 13.9. The van der Waals surface area contributed by atoms with E-state index in [1.165, 1.54) is 18.2 Å². The molecular weight excluding hydrogens is 425 g/mol. The second kappa shape index (κ2) is 10.8. The number of esters is 1. The molecule has 1 atom stereocenters. The lowest BCUT2D eigenvalue weighted by atomic mass is 9.94. The minimum Gasteiger partial charge on any atom is -0.463 e. The summed E-state index contributed by atoms with van der Waals surface area (Å²) in [6.45, 7) is 6.22. The molecule has 2 aromatic carbocycles. The number of nitrogens with zero attached hydrogens (tertiary/aromatic N) is 1. The van der Waals surface area contributed by atoms with Gasteiger partial charge in [-0.2, -0.15) is 0 Å². The van der Waals surface area contributed by atoms with Crippen LogP contribution in [-0.4, -0.2) is 36.0 Å². The van der Waals surface area contributed by atoms with Crippen molar-refractivity contribution >= 4 is 23.6 Å². The van der Waals surface area contributed by atoms with Gasteiger partial charge < -0.3 is 15.4 Å². The van der Waals surface area contributed by atoms with E-state index in [1.807, 2.05) is 6.92 Å². The number of carbonyl (C=O) groups is 3. The third-order valence-electron chi connectivity index (χ3n) is 5.45. The van der Waals surface area contributed by atoms with Gasteiger partial charge in [0.1, 0.15) is 5.82 Å². The predicted octanol–water partition coefficient (Wildman–Crippen LogP) is 4.78. The summed E-state index contributed by atoms with van der Waals surface area (Å²) >= 11 is 0. The van der Waals surface area contributed by atoms with Crippen molar-refractivity contribution in [2.75, 3.05) is 18.5 Å². The molecule has 8 heteroatoms. The average Bonchev–Trinajstić information content (AvgIpc) is 2.79. The third kappa shape index (κ3) is 5.39. The van der Waals surface area contributed by atoms with E-state index in [-0.39, 0.29) is 18.2 Å². The molecule has 174 valence electrons. The second-order valence-electron chi connectivity index (χ2n) is 7.66. The van der Waals surface area contributed by atoms with Crippen molar-refractivity contribution in [1.82, 2.24) is 10.2 Å². The SMILES string of the molecule is CCCCN1C(=O)NC(c2ccc(NC(=O)c3ccccc3F)cc2)C(C(=O)OCC)=C1C. The zero-order valence-corrected chi connectivity index (χ0v) is 19.0. The lowest BCUT2D eigenvalue weighted by Crippen LogP contribution is -2.48. The van der Waals surface area contributed by atoms with E-state index in [0.29, 0.717) is 29.1 Å². The molecule has 7 nitrogen and oxygen atoms in total. The fourth-order valence-corrected chi connectivity index (χ4v) is 3.69. The van der Waals surface area contributed by atoms with Crippen molar-refractivity contribution < 1.29 is 23.5 Å². The molecule has 0 aliphatic carbocycles. The molecule has 1 heterocycles. The van der Waals surface area contributed by atoms with Crippen molar-refractivity contribution in [1.29, 1.82) is 0 Å². The molecule has 0 radical (unpaired) electrons. The number of urea groups is 1. The zero-order chi connectivity index (χ0) is 24.0. The Morgan fingerprint density at radius 3 is 2.45 bits per heavy atom. The fourth-order valence-electron chi connectivity index (χ4n) is 3.69. The summed E-state index contributed by atoms with van der Waals surface area (Å²) in [6, 6.07) is 11.4. The van der Waals surface area contributed by atoms with Gasteiger partial charge in [0.05, 0.1) is 23.8 Å². The van der Waals surface area contributed by atoms with Crippen LogP contribution < -0.4 is 10.6 Å². The average molecular weight is 454 g/mol. The van der Waals surface area contributed by atoms with Crippen LogP contribution in [0.25, 0.3) is 0 Å². The summed E-state index contributed by atoms with van der Waals surface area (Å²) < 4.78 is 19.1. The maximum atomic E-state index is 13.9. The van der Waals surface area contributed by atoms with E-state index in [1.54, 1.807) is 49.1 Å². The Morgan fingerprint density at radius 2 is 1.82 bits per heavy atom. The van der Waals surface area contributed by atoms with Gasteiger partial charge in [-0.3, -0.25) is 9.69 Å².